The van der Waals surface area contributed by atoms with Gasteiger partial charge in [-0.15, -0.1) is 12.4 Å². The third kappa shape index (κ3) is 4.82. The zero-order valence-corrected chi connectivity index (χ0v) is 11.2. The monoisotopic (exact) mass is 262 g/mol. The molecule has 2 fully saturated rings. The van der Waals surface area contributed by atoms with E-state index in [0.717, 1.165) is 38.8 Å². The third-order valence-electron chi connectivity index (χ3n) is 3.43. The highest BCUT2D eigenvalue weighted by molar-refractivity contribution is 5.85. The van der Waals surface area contributed by atoms with E-state index in [1.807, 2.05) is 0 Å². The van der Waals surface area contributed by atoms with Gasteiger partial charge >= 0.3 is 0 Å². The summed E-state index contributed by atoms with van der Waals surface area (Å²) in [5.41, 5.74) is 0. The average Bonchev–Trinajstić information content (AvgIpc) is 2.70. The van der Waals surface area contributed by atoms with Crippen LogP contribution in [0.15, 0.2) is 0 Å². The van der Waals surface area contributed by atoms with Crippen molar-refractivity contribution in [2.75, 3.05) is 13.2 Å². The zero-order valence-electron chi connectivity index (χ0n) is 10.4. The topological polar surface area (TPSA) is 50.4 Å². The highest BCUT2D eigenvalue weighted by Gasteiger charge is 2.23. The number of piperidine rings is 1. The van der Waals surface area contributed by atoms with E-state index in [9.17, 15) is 4.79 Å². The molecule has 4 nitrogen and oxygen atoms in total. The minimum Gasteiger partial charge on any atom is -0.378 e. The summed E-state index contributed by atoms with van der Waals surface area (Å²) in [4.78, 5) is 11.8. The number of ether oxygens (including phenoxy) is 1. The second kappa shape index (κ2) is 7.19. The number of rotatable bonds is 3. The summed E-state index contributed by atoms with van der Waals surface area (Å²) < 4.78 is 5.46. The van der Waals surface area contributed by atoms with Crippen LogP contribution >= 0.6 is 12.4 Å². The van der Waals surface area contributed by atoms with E-state index in [1.54, 1.807) is 0 Å². The van der Waals surface area contributed by atoms with Crippen LogP contribution in [-0.2, 0) is 9.53 Å². The van der Waals surface area contributed by atoms with E-state index < -0.39 is 0 Å². The van der Waals surface area contributed by atoms with Gasteiger partial charge in [0.1, 0.15) is 0 Å². The minimum absolute atomic E-state index is 0. The van der Waals surface area contributed by atoms with Crippen molar-refractivity contribution in [3.8, 4) is 0 Å². The Labute approximate surface area is 109 Å². The van der Waals surface area contributed by atoms with Gasteiger partial charge in [0, 0.05) is 18.7 Å². The van der Waals surface area contributed by atoms with Crippen LogP contribution in [-0.4, -0.2) is 37.2 Å². The van der Waals surface area contributed by atoms with Crippen molar-refractivity contribution in [2.24, 2.45) is 0 Å². The Kier molecular flexibility index (Phi) is 6.23. The quantitative estimate of drug-likeness (QED) is 0.805. The molecule has 3 atom stereocenters. The fourth-order valence-corrected chi connectivity index (χ4v) is 2.56. The van der Waals surface area contributed by atoms with Crippen molar-refractivity contribution >= 4 is 18.3 Å². The molecule has 0 bridgehead atoms. The molecule has 2 saturated heterocycles. The number of halogens is 1. The Morgan fingerprint density at radius 2 is 2.29 bits per heavy atom. The first kappa shape index (κ1) is 14.7. The van der Waals surface area contributed by atoms with Gasteiger partial charge < -0.3 is 15.4 Å². The van der Waals surface area contributed by atoms with Crippen LogP contribution < -0.4 is 10.6 Å². The molecule has 3 unspecified atom stereocenters. The molecule has 2 heterocycles. The predicted molar refractivity (Wildman–Crippen MR) is 69.5 cm³/mol. The molecule has 0 aliphatic carbocycles. The molecule has 0 aromatic rings. The van der Waals surface area contributed by atoms with Crippen molar-refractivity contribution in [1.82, 2.24) is 10.6 Å². The summed E-state index contributed by atoms with van der Waals surface area (Å²) in [6.07, 6.45) is 4.93. The molecule has 5 heteroatoms. The summed E-state index contributed by atoms with van der Waals surface area (Å²) in [5, 5.41) is 6.50. The third-order valence-corrected chi connectivity index (χ3v) is 3.43. The molecular formula is C12H23ClN2O2. The Hall–Kier alpha value is -0.320. The summed E-state index contributed by atoms with van der Waals surface area (Å²) in [7, 11) is 0. The van der Waals surface area contributed by atoms with Crippen LogP contribution in [0.2, 0.25) is 0 Å². The molecule has 0 saturated carbocycles. The van der Waals surface area contributed by atoms with Gasteiger partial charge in [0.25, 0.3) is 0 Å². The number of carbonyl (C=O) groups is 1. The van der Waals surface area contributed by atoms with E-state index in [0.29, 0.717) is 18.5 Å². The molecule has 0 radical (unpaired) electrons. The van der Waals surface area contributed by atoms with Crippen molar-refractivity contribution in [3.05, 3.63) is 0 Å². The van der Waals surface area contributed by atoms with Gasteiger partial charge in [-0.05, 0) is 39.2 Å². The molecule has 2 aliphatic rings. The summed E-state index contributed by atoms with van der Waals surface area (Å²) in [6.45, 7) is 3.99. The van der Waals surface area contributed by atoms with Gasteiger partial charge in [-0.3, -0.25) is 4.79 Å². The lowest BCUT2D eigenvalue weighted by molar-refractivity contribution is -0.124. The SMILES string of the molecule is CC1CC(NC(=O)CC2CCCO2)CCN1.Cl. The van der Waals surface area contributed by atoms with Gasteiger partial charge in [0.2, 0.25) is 5.91 Å². The lowest BCUT2D eigenvalue weighted by atomic mass is 10.0. The average molecular weight is 263 g/mol. The van der Waals surface area contributed by atoms with Crippen molar-refractivity contribution < 1.29 is 9.53 Å². The van der Waals surface area contributed by atoms with E-state index in [2.05, 4.69) is 17.6 Å². The fourth-order valence-electron chi connectivity index (χ4n) is 2.56. The number of hydrogen-bond acceptors (Lipinski definition) is 3. The van der Waals surface area contributed by atoms with Crippen molar-refractivity contribution in [3.63, 3.8) is 0 Å². The van der Waals surface area contributed by atoms with Gasteiger partial charge in [-0.25, -0.2) is 0 Å². The predicted octanol–water partition coefficient (Wildman–Crippen LogP) is 1.23. The van der Waals surface area contributed by atoms with Crippen molar-refractivity contribution in [1.29, 1.82) is 0 Å². The Bertz CT molecular complexity index is 245. The molecular weight excluding hydrogens is 240 g/mol. The summed E-state index contributed by atoms with van der Waals surface area (Å²) in [5.74, 6) is 0.158. The number of carbonyl (C=O) groups excluding carboxylic acids is 1. The number of hydrogen-bond donors (Lipinski definition) is 2. The second-order valence-corrected chi connectivity index (χ2v) is 4.98. The maximum atomic E-state index is 11.8. The van der Waals surface area contributed by atoms with Gasteiger partial charge in [-0.2, -0.15) is 0 Å². The Morgan fingerprint density at radius 1 is 1.47 bits per heavy atom. The van der Waals surface area contributed by atoms with E-state index >= 15 is 0 Å². The molecule has 1 amide bonds. The highest BCUT2D eigenvalue weighted by Crippen LogP contribution is 2.15. The smallest absolute Gasteiger partial charge is 0.222 e. The summed E-state index contributed by atoms with van der Waals surface area (Å²) >= 11 is 0. The molecule has 2 N–H and O–H groups in total. The lowest BCUT2D eigenvalue weighted by Crippen LogP contribution is -2.47. The zero-order chi connectivity index (χ0) is 11.4. The Balaban J connectivity index is 0.00000144. The van der Waals surface area contributed by atoms with Crippen LogP contribution in [0.1, 0.15) is 39.0 Å². The van der Waals surface area contributed by atoms with E-state index in [-0.39, 0.29) is 24.4 Å². The molecule has 100 valence electrons. The minimum atomic E-state index is 0. The molecule has 2 aliphatic heterocycles. The van der Waals surface area contributed by atoms with E-state index in [4.69, 9.17) is 4.74 Å². The fraction of sp³-hybridized carbons (Fsp3) is 0.917. The summed E-state index contributed by atoms with van der Waals surface area (Å²) in [6, 6.07) is 0.868. The number of nitrogens with one attached hydrogen (secondary N) is 2. The van der Waals surface area contributed by atoms with Gasteiger partial charge in [-0.1, -0.05) is 0 Å². The van der Waals surface area contributed by atoms with Crippen LogP contribution in [0.5, 0.6) is 0 Å². The molecule has 0 aromatic carbocycles. The van der Waals surface area contributed by atoms with Crippen LogP contribution in [0, 0.1) is 0 Å². The lowest BCUT2D eigenvalue weighted by Gasteiger charge is -2.28. The Morgan fingerprint density at radius 3 is 2.94 bits per heavy atom. The molecule has 17 heavy (non-hydrogen) atoms. The highest BCUT2D eigenvalue weighted by atomic mass is 35.5. The molecule has 0 aromatic heterocycles. The van der Waals surface area contributed by atoms with Crippen molar-refractivity contribution in [2.45, 2.75) is 57.2 Å². The first-order valence-electron chi connectivity index (χ1n) is 6.38. The first-order valence-corrected chi connectivity index (χ1v) is 6.38. The van der Waals surface area contributed by atoms with E-state index in [1.165, 1.54) is 0 Å². The van der Waals surface area contributed by atoms with Crippen LogP contribution in [0.3, 0.4) is 0 Å². The normalized spacial score (nSPS) is 32.9. The molecule has 0 spiro atoms. The van der Waals surface area contributed by atoms with Crippen LogP contribution in [0.4, 0.5) is 0 Å². The van der Waals surface area contributed by atoms with Gasteiger partial charge in [0.15, 0.2) is 0 Å². The first-order chi connectivity index (χ1) is 7.74. The second-order valence-electron chi connectivity index (χ2n) is 4.98. The maximum absolute atomic E-state index is 11.8. The largest absolute Gasteiger partial charge is 0.378 e. The van der Waals surface area contributed by atoms with Crippen LogP contribution in [0.25, 0.3) is 0 Å². The van der Waals surface area contributed by atoms with Gasteiger partial charge in [0.05, 0.1) is 12.5 Å². The maximum Gasteiger partial charge on any atom is 0.222 e. The standard InChI is InChI=1S/C12H22N2O2.ClH/c1-9-7-10(4-5-13-9)14-12(15)8-11-3-2-6-16-11;/h9-11,13H,2-8H2,1H3,(H,14,15);1H. The number of amides is 1. The molecule has 2 rings (SSSR count).